The highest BCUT2D eigenvalue weighted by Crippen LogP contribution is 2.30. The maximum atomic E-state index is 13.4. The maximum absolute atomic E-state index is 13.4. The van der Waals surface area contributed by atoms with Gasteiger partial charge in [0.25, 0.3) is 15.9 Å². The number of nitrogens with zero attached hydrogens (tertiary/aromatic N) is 1. The molecule has 160 valence electrons. The number of halogens is 1. The normalized spacial score (nSPS) is 11.0. The molecular formula is C22H20ClN3O4S. The van der Waals surface area contributed by atoms with E-state index in [-0.39, 0.29) is 26.9 Å². The van der Waals surface area contributed by atoms with Crippen LogP contribution in [-0.4, -0.2) is 26.8 Å². The summed E-state index contributed by atoms with van der Waals surface area (Å²) in [6.07, 6.45) is 0. The molecule has 3 rings (SSSR count). The standard InChI is InChI=1S/C22H20ClN3O4S/c1-15-10-12-16(13-11-15)31(29,30)26(20-9-5-3-7-18(20)23)14-21(27)25-19-8-4-2-6-17(19)22(24)28/h2-13H,14H2,1H3,(H2,24,28)(H,25,27). The third-order valence-corrected chi connectivity index (χ3v) is 6.58. The summed E-state index contributed by atoms with van der Waals surface area (Å²) in [5.41, 5.74) is 6.69. The molecule has 0 aromatic heterocycles. The summed E-state index contributed by atoms with van der Waals surface area (Å²) in [4.78, 5) is 24.4. The predicted molar refractivity (Wildman–Crippen MR) is 121 cm³/mol. The van der Waals surface area contributed by atoms with Crippen LogP contribution in [0, 0.1) is 6.92 Å². The van der Waals surface area contributed by atoms with E-state index in [0.29, 0.717) is 0 Å². The minimum absolute atomic E-state index is 0.0170. The molecule has 0 aliphatic rings. The van der Waals surface area contributed by atoms with Crippen LogP contribution in [0.4, 0.5) is 11.4 Å². The van der Waals surface area contributed by atoms with Crippen molar-refractivity contribution in [2.24, 2.45) is 5.73 Å². The van der Waals surface area contributed by atoms with Crippen LogP contribution in [-0.2, 0) is 14.8 Å². The zero-order valence-electron chi connectivity index (χ0n) is 16.6. The van der Waals surface area contributed by atoms with E-state index >= 15 is 0 Å². The zero-order chi connectivity index (χ0) is 22.6. The first-order valence-electron chi connectivity index (χ1n) is 9.23. The summed E-state index contributed by atoms with van der Waals surface area (Å²) in [5.74, 6) is -1.38. The summed E-state index contributed by atoms with van der Waals surface area (Å²) in [5, 5.41) is 2.73. The van der Waals surface area contributed by atoms with E-state index in [1.807, 2.05) is 6.92 Å². The number of carbonyl (C=O) groups is 2. The molecule has 3 N–H and O–H groups in total. The molecule has 3 aromatic carbocycles. The molecule has 0 saturated carbocycles. The van der Waals surface area contributed by atoms with Crippen LogP contribution in [0.2, 0.25) is 5.02 Å². The second-order valence-electron chi connectivity index (χ2n) is 6.73. The fourth-order valence-electron chi connectivity index (χ4n) is 2.92. The van der Waals surface area contributed by atoms with E-state index in [0.717, 1.165) is 9.87 Å². The number of nitrogens with two attached hydrogens (primary N) is 1. The molecular weight excluding hydrogens is 438 g/mol. The van der Waals surface area contributed by atoms with Crippen LogP contribution in [0.5, 0.6) is 0 Å². The van der Waals surface area contributed by atoms with Crippen LogP contribution in [0.1, 0.15) is 15.9 Å². The largest absolute Gasteiger partial charge is 0.366 e. The average molecular weight is 458 g/mol. The van der Waals surface area contributed by atoms with E-state index in [1.165, 1.54) is 36.4 Å². The Morgan fingerprint density at radius 2 is 1.58 bits per heavy atom. The van der Waals surface area contributed by atoms with Gasteiger partial charge in [-0.2, -0.15) is 0 Å². The average Bonchev–Trinajstić information content (AvgIpc) is 2.73. The van der Waals surface area contributed by atoms with E-state index in [4.69, 9.17) is 17.3 Å². The molecule has 0 radical (unpaired) electrons. The van der Waals surface area contributed by atoms with Crippen LogP contribution >= 0.6 is 11.6 Å². The van der Waals surface area contributed by atoms with Crippen molar-refractivity contribution in [1.82, 2.24) is 0 Å². The summed E-state index contributed by atoms with van der Waals surface area (Å²) < 4.78 is 27.7. The topological polar surface area (TPSA) is 110 Å². The minimum atomic E-state index is -4.11. The van der Waals surface area contributed by atoms with Crippen molar-refractivity contribution >= 4 is 44.8 Å². The van der Waals surface area contributed by atoms with Crippen LogP contribution < -0.4 is 15.4 Å². The Kier molecular flexibility index (Phi) is 6.62. The number of anilines is 2. The van der Waals surface area contributed by atoms with Gasteiger partial charge in [-0.15, -0.1) is 0 Å². The zero-order valence-corrected chi connectivity index (χ0v) is 18.2. The Hall–Kier alpha value is -3.36. The van der Waals surface area contributed by atoms with E-state index < -0.39 is 28.4 Å². The van der Waals surface area contributed by atoms with Gasteiger partial charge in [-0.1, -0.05) is 53.6 Å². The van der Waals surface area contributed by atoms with Gasteiger partial charge < -0.3 is 11.1 Å². The monoisotopic (exact) mass is 457 g/mol. The first-order valence-corrected chi connectivity index (χ1v) is 11.0. The van der Waals surface area contributed by atoms with Gasteiger partial charge in [0, 0.05) is 0 Å². The molecule has 2 amide bonds. The second-order valence-corrected chi connectivity index (χ2v) is 9.00. The van der Waals surface area contributed by atoms with Gasteiger partial charge in [-0.25, -0.2) is 8.42 Å². The Balaban J connectivity index is 1.98. The molecule has 7 nitrogen and oxygen atoms in total. The Labute approximate surface area is 185 Å². The number of hydrogen-bond acceptors (Lipinski definition) is 4. The molecule has 0 aliphatic heterocycles. The van der Waals surface area contributed by atoms with Gasteiger partial charge >= 0.3 is 0 Å². The lowest BCUT2D eigenvalue weighted by atomic mass is 10.1. The molecule has 9 heteroatoms. The van der Waals surface area contributed by atoms with Crippen molar-refractivity contribution < 1.29 is 18.0 Å². The number of para-hydroxylation sites is 2. The second kappa shape index (κ2) is 9.20. The van der Waals surface area contributed by atoms with Gasteiger partial charge in [-0.3, -0.25) is 13.9 Å². The third-order valence-electron chi connectivity index (χ3n) is 4.48. The summed E-state index contributed by atoms with van der Waals surface area (Å²) in [6.45, 7) is 1.28. The van der Waals surface area contributed by atoms with E-state index in [9.17, 15) is 18.0 Å². The molecule has 0 saturated heterocycles. The fourth-order valence-corrected chi connectivity index (χ4v) is 4.65. The van der Waals surface area contributed by atoms with Crippen molar-refractivity contribution in [2.75, 3.05) is 16.2 Å². The van der Waals surface area contributed by atoms with Crippen LogP contribution in [0.25, 0.3) is 0 Å². The fraction of sp³-hybridized carbons (Fsp3) is 0.0909. The van der Waals surface area contributed by atoms with Gasteiger partial charge in [0.1, 0.15) is 6.54 Å². The predicted octanol–water partition coefficient (Wildman–Crippen LogP) is 3.58. The summed E-state index contributed by atoms with van der Waals surface area (Å²) in [7, 11) is -4.11. The number of amides is 2. The summed E-state index contributed by atoms with van der Waals surface area (Å²) >= 11 is 6.25. The first-order chi connectivity index (χ1) is 14.7. The number of rotatable bonds is 7. The Bertz CT molecular complexity index is 1230. The smallest absolute Gasteiger partial charge is 0.264 e. The van der Waals surface area contributed by atoms with E-state index in [1.54, 1.807) is 36.4 Å². The van der Waals surface area contributed by atoms with Crippen molar-refractivity contribution in [1.29, 1.82) is 0 Å². The van der Waals surface area contributed by atoms with Crippen molar-refractivity contribution in [2.45, 2.75) is 11.8 Å². The Morgan fingerprint density at radius 3 is 2.23 bits per heavy atom. The number of primary amides is 1. The minimum Gasteiger partial charge on any atom is -0.366 e. The highest BCUT2D eigenvalue weighted by atomic mass is 35.5. The van der Waals surface area contributed by atoms with Crippen LogP contribution in [0.15, 0.2) is 77.7 Å². The number of sulfonamides is 1. The summed E-state index contributed by atoms with van der Waals surface area (Å²) in [6, 6.07) is 18.8. The third kappa shape index (κ3) is 5.04. The highest BCUT2D eigenvalue weighted by Gasteiger charge is 2.29. The van der Waals surface area contributed by atoms with Crippen molar-refractivity contribution in [3.05, 3.63) is 88.9 Å². The number of aryl methyl sites for hydroxylation is 1. The van der Waals surface area contributed by atoms with Crippen molar-refractivity contribution in [3.8, 4) is 0 Å². The van der Waals surface area contributed by atoms with E-state index in [2.05, 4.69) is 5.32 Å². The van der Waals surface area contributed by atoms with Crippen molar-refractivity contribution in [3.63, 3.8) is 0 Å². The Morgan fingerprint density at radius 1 is 0.968 bits per heavy atom. The number of carbonyl (C=O) groups excluding carboxylic acids is 2. The number of hydrogen-bond donors (Lipinski definition) is 2. The molecule has 31 heavy (non-hydrogen) atoms. The lowest BCUT2D eigenvalue weighted by Gasteiger charge is -2.25. The SMILES string of the molecule is Cc1ccc(S(=O)(=O)N(CC(=O)Nc2ccccc2C(N)=O)c2ccccc2Cl)cc1. The lowest BCUT2D eigenvalue weighted by Crippen LogP contribution is -2.38. The number of benzene rings is 3. The van der Waals surface area contributed by atoms with Gasteiger partial charge in [0.15, 0.2) is 0 Å². The molecule has 3 aromatic rings. The van der Waals surface area contributed by atoms with Gasteiger partial charge in [0.05, 0.1) is 26.9 Å². The lowest BCUT2D eigenvalue weighted by molar-refractivity contribution is -0.114. The molecule has 0 aliphatic carbocycles. The molecule has 0 spiro atoms. The van der Waals surface area contributed by atoms with Gasteiger partial charge in [0.2, 0.25) is 5.91 Å². The quantitative estimate of drug-likeness (QED) is 0.565. The molecule has 0 atom stereocenters. The van der Waals surface area contributed by atoms with Gasteiger partial charge in [-0.05, 0) is 43.3 Å². The first kappa shape index (κ1) is 22.3. The molecule has 0 unspecified atom stereocenters. The van der Waals surface area contributed by atoms with Crippen LogP contribution in [0.3, 0.4) is 0 Å². The molecule has 0 fully saturated rings. The highest BCUT2D eigenvalue weighted by molar-refractivity contribution is 7.92. The molecule has 0 bridgehead atoms. The molecule has 0 heterocycles. The number of nitrogens with one attached hydrogen (secondary N) is 1. The maximum Gasteiger partial charge on any atom is 0.264 e.